The summed E-state index contributed by atoms with van der Waals surface area (Å²) in [6, 6.07) is 17.0. The largest absolute Gasteiger partial charge is 0.508 e. The highest BCUT2D eigenvalue weighted by Crippen LogP contribution is 2.30. The second kappa shape index (κ2) is 6.58. The minimum Gasteiger partial charge on any atom is -0.508 e. The molecule has 0 bridgehead atoms. The fourth-order valence-electron chi connectivity index (χ4n) is 2.06. The van der Waals surface area contributed by atoms with Crippen molar-refractivity contribution in [1.82, 2.24) is 9.97 Å². The second-order valence-electron chi connectivity index (χ2n) is 5.00. The molecule has 0 atom stereocenters. The van der Waals surface area contributed by atoms with E-state index in [1.165, 1.54) is 0 Å². The van der Waals surface area contributed by atoms with E-state index < -0.39 is 0 Å². The molecule has 3 aromatic rings. The van der Waals surface area contributed by atoms with Crippen LogP contribution >= 0.6 is 11.8 Å². The van der Waals surface area contributed by atoms with Crippen LogP contribution in [-0.4, -0.2) is 15.1 Å². The maximum atomic E-state index is 9.30. The molecule has 0 fully saturated rings. The van der Waals surface area contributed by atoms with E-state index in [1.807, 2.05) is 49.4 Å². The van der Waals surface area contributed by atoms with Gasteiger partial charge in [-0.3, -0.25) is 0 Å². The van der Waals surface area contributed by atoms with Crippen molar-refractivity contribution >= 4 is 29.2 Å². The molecule has 0 aliphatic heterocycles. The van der Waals surface area contributed by atoms with Crippen LogP contribution in [0.1, 0.15) is 5.69 Å². The van der Waals surface area contributed by atoms with Gasteiger partial charge in [0, 0.05) is 27.2 Å². The number of phenols is 1. The molecular weight excluding hydrogens is 308 g/mol. The maximum absolute atomic E-state index is 9.30. The van der Waals surface area contributed by atoms with E-state index in [0.29, 0.717) is 5.82 Å². The number of aromatic hydroxyl groups is 1. The van der Waals surface area contributed by atoms with Gasteiger partial charge in [-0.05, 0) is 55.5 Å². The summed E-state index contributed by atoms with van der Waals surface area (Å²) in [5, 5.41) is 12.5. The first-order valence-corrected chi connectivity index (χ1v) is 7.85. The van der Waals surface area contributed by atoms with E-state index in [1.54, 1.807) is 23.9 Å². The first-order chi connectivity index (χ1) is 11.1. The summed E-state index contributed by atoms with van der Waals surface area (Å²) in [4.78, 5) is 10.4. The van der Waals surface area contributed by atoms with Gasteiger partial charge in [-0.1, -0.05) is 11.8 Å². The quantitative estimate of drug-likeness (QED) is 0.673. The Morgan fingerprint density at radius 2 is 1.57 bits per heavy atom. The Bertz CT molecular complexity index is 784. The predicted octanol–water partition coefficient (Wildman–Crippen LogP) is 3.97. The van der Waals surface area contributed by atoms with Gasteiger partial charge < -0.3 is 16.2 Å². The topological polar surface area (TPSA) is 84.1 Å². The van der Waals surface area contributed by atoms with Crippen LogP contribution in [-0.2, 0) is 0 Å². The highest BCUT2D eigenvalue weighted by atomic mass is 32.2. The number of phenolic OH excluding ortho intramolecular Hbond substituents is 1. The third kappa shape index (κ3) is 4.14. The predicted molar refractivity (Wildman–Crippen MR) is 93.1 cm³/mol. The first-order valence-electron chi connectivity index (χ1n) is 7.04. The lowest BCUT2D eigenvalue weighted by atomic mass is 10.3. The molecule has 0 radical (unpaired) electrons. The zero-order valence-corrected chi connectivity index (χ0v) is 13.3. The average molecular weight is 324 g/mol. The Kier molecular flexibility index (Phi) is 4.34. The van der Waals surface area contributed by atoms with Crippen molar-refractivity contribution in [1.29, 1.82) is 0 Å². The first kappa shape index (κ1) is 15.2. The smallest absolute Gasteiger partial charge is 0.222 e. The van der Waals surface area contributed by atoms with Crippen LogP contribution < -0.4 is 11.1 Å². The third-order valence-electron chi connectivity index (χ3n) is 3.07. The normalized spacial score (nSPS) is 10.5. The van der Waals surface area contributed by atoms with Crippen LogP contribution in [0.4, 0.5) is 17.5 Å². The number of benzene rings is 2. The molecule has 0 unspecified atom stereocenters. The lowest BCUT2D eigenvalue weighted by Crippen LogP contribution is -2.01. The van der Waals surface area contributed by atoms with Gasteiger partial charge in [0.25, 0.3) is 0 Å². The monoisotopic (exact) mass is 324 g/mol. The fraction of sp³-hybridized carbons (Fsp3) is 0.0588. The van der Waals surface area contributed by atoms with Gasteiger partial charge in [-0.2, -0.15) is 4.98 Å². The zero-order valence-electron chi connectivity index (χ0n) is 12.5. The summed E-state index contributed by atoms with van der Waals surface area (Å²) in [6.45, 7) is 1.88. The molecule has 0 amide bonds. The second-order valence-corrected chi connectivity index (χ2v) is 6.15. The summed E-state index contributed by atoms with van der Waals surface area (Å²) < 4.78 is 0. The molecule has 6 heteroatoms. The summed E-state index contributed by atoms with van der Waals surface area (Å²) in [5.41, 5.74) is 7.40. The van der Waals surface area contributed by atoms with Crippen molar-refractivity contribution in [3.8, 4) is 5.75 Å². The fourth-order valence-corrected chi connectivity index (χ4v) is 2.88. The SMILES string of the molecule is Cc1cc(Nc2ccc(Sc3ccc(O)cc3)cc2)nc(N)n1. The van der Waals surface area contributed by atoms with Crippen molar-refractivity contribution in [2.75, 3.05) is 11.1 Å². The standard InChI is InChI=1S/C17H16N4OS/c1-11-10-16(21-17(18)19-11)20-12-2-6-14(7-3-12)23-15-8-4-13(22)5-9-15/h2-10,22H,1H3,(H3,18,19,20,21). The summed E-state index contributed by atoms with van der Waals surface area (Å²) in [7, 11) is 0. The number of hydrogen-bond donors (Lipinski definition) is 3. The van der Waals surface area contributed by atoms with Crippen LogP contribution in [0.3, 0.4) is 0 Å². The van der Waals surface area contributed by atoms with E-state index in [9.17, 15) is 5.11 Å². The molecule has 0 aliphatic carbocycles. The molecule has 5 nitrogen and oxygen atoms in total. The number of nitrogens with zero attached hydrogens (tertiary/aromatic N) is 2. The minimum atomic E-state index is 0.256. The van der Waals surface area contributed by atoms with E-state index in [-0.39, 0.29) is 11.7 Å². The Hall–Kier alpha value is -2.73. The number of nitrogens with one attached hydrogen (secondary N) is 1. The zero-order chi connectivity index (χ0) is 16.2. The Morgan fingerprint density at radius 3 is 2.17 bits per heavy atom. The van der Waals surface area contributed by atoms with Gasteiger partial charge in [0.1, 0.15) is 11.6 Å². The molecule has 23 heavy (non-hydrogen) atoms. The molecule has 4 N–H and O–H groups in total. The Morgan fingerprint density at radius 1 is 0.957 bits per heavy atom. The summed E-state index contributed by atoms with van der Waals surface area (Å²) in [5.74, 6) is 1.20. The molecule has 0 saturated carbocycles. The van der Waals surface area contributed by atoms with Gasteiger partial charge in [0.15, 0.2) is 0 Å². The molecule has 0 saturated heterocycles. The third-order valence-corrected chi connectivity index (χ3v) is 4.09. The van der Waals surface area contributed by atoms with Crippen LogP contribution in [0.2, 0.25) is 0 Å². The lowest BCUT2D eigenvalue weighted by molar-refractivity contribution is 0.475. The van der Waals surface area contributed by atoms with Gasteiger partial charge in [-0.15, -0.1) is 0 Å². The Balaban J connectivity index is 1.70. The molecular formula is C17H16N4OS. The van der Waals surface area contributed by atoms with Crippen molar-refractivity contribution in [2.45, 2.75) is 16.7 Å². The van der Waals surface area contributed by atoms with Crippen molar-refractivity contribution in [3.63, 3.8) is 0 Å². The molecule has 2 aromatic carbocycles. The van der Waals surface area contributed by atoms with Gasteiger partial charge in [0.05, 0.1) is 0 Å². The van der Waals surface area contributed by atoms with E-state index in [2.05, 4.69) is 15.3 Å². The number of aryl methyl sites for hydroxylation is 1. The number of rotatable bonds is 4. The van der Waals surface area contributed by atoms with Gasteiger partial charge >= 0.3 is 0 Å². The van der Waals surface area contributed by atoms with E-state index in [4.69, 9.17) is 5.73 Å². The van der Waals surface area contributed by atoms with Gasteiger partial charge in [0.2, 0.25) is 5.95 Å². The van der Waals surface area contributed by atoms with Crippen molar-refractivity contribution in [3.05, 3.63) is 60.3 Å². The van der Waals surface area contributed by atoms with E-state index >= 15 is 0 Å². The van der Waals surface area contributed by atoms with Crippen molar-refractivity contribution in [2.24, 2.45) is 0 Å². The molecule has 0 aliphatic rings. The molecule has 1 aromatic heterocycles. The maximum Gasteiger partial charge on any atom is 0.222 e. The van der Waals surface area contributed by atoms with Crippen LogP contribution in [0.5, 0.6) is 5.75 Å². The minimum absolute atomic E-state index is 0.256. The van der Waals surface area contributed by atoms with E-state index in [0.717, 1.165) is 21.2 Å². The number of aromatic nitrogens is 2. The highest BCUT2D eigenvalue weighted by molar-refractivity contribution is 7.99. The van der Waals surface area contributed by atoms with Gasteiger partial charge in [-0.25, -0.2) is 4.98 Å². The highest BCUT2D eigenvalue weighted by Gasteiger charge is 2.02. The summed E-state index contributed by atoms with van der Waals surface area (Å²) >= 11 is 1.63. The average Bonchev–Trinajstić information content (AvgIpc) is 2.50. The molecule has 0 spiro atoms. The van der Waals surface area contributed by atoms with Crippen molar-refractivity contribution < 1.29 is 5.11 Å². The number of nitrogens with two attached hydrogens (primary N) is 1. The number of hydrogen-bond acceptors (Lipinski definition) is 6. The number of nitrogen functional groups attached to an aromatic ring is 1. The van der Waals surface area contributed by atoms with Crippen LogP contribution in [0.25, 0.3) is 0 Å². The molecule has 1 heterocycles. The number of anilines is 3. The Labute approximate surface area is 138 Å². The molecule has 3 rings (SSSR count). The lowest BCUT2D eigenvalue weighted by Gasteiger charge is -2.08. The van der Waals surface area contributed by atoms with Crippen LogP contribution in [0, 0.1) is 6.92 Å². The van der Waals surface area contributed by atoms with Crippen LogP contribution in [0.15, 0.2) is 64.4 Å². The molecule has 116 valence electrons. The summed E-state index contributed by atoms with van der Waals surface area (Å²) in [6.07, 6.45) is 0.